The Hall–Kier alpha value is -1.72. The highest BCUT2D eigenvalue weighted by atomic mass is 35.5. The van der Waals surface area contributed by atoms with Crippen LogP contribution in [0.5, 0.6) is 5.75 Å². The fraction of sp³-hybridized carbons (Fsp3) is 0.450. The molecule has 2 aromatic rings. The Morgan fingerprint density at radius 2 is 1.81 bits per heavy atom. The summed E-state index contributed by atoms with van der Waals surface area (Å²) in [6.07, 6.45) is 3.21. The standard InChI is InChI=1S/C20H20ClNO3S/c1-2-15-18(17-19(23)11-3-4-12(9-11)20(17)24)22-16(26-15)10-25-14-7-5-13(21)6-8-14/h5-8,11-12,17H,2-4,9-10H2,1H3. The molecule has 4 rings (SSSR count). The first-order valence-corrected chi connectivity index (χ1v) is 10.2. The van der Waals surface area contributed by atoms with Gasteiger partial charge in [0.25, 0.3) is 0 Å². The lowest BCUT2D eigenvalue weighted by Gasteiger charge is -2.24. The van der Waals surface area contributed by atoms with Gasteiger partial charge in [-0.15, -0.1) is 11.3 Å². The summed E-state index contributed by atoms with van der Waals surface area (Å²) < 4.78 is 5.77. The third kappa shape index (κ3) is 3.19. The van der Waals surface area contributed by atoms with E-state index in [2.05, 4.69) is 4.98 Å². The molecule has 0 spiro atoms. The van der Waals surface area contributed by atoms with Crippen molar-refractivity contribution >= 4 is 34.5 Å². The van der Waals surface area contributed by atoms with E-state index in [1.54, 1.807) is 12.1 Å². The van der Waals surface area contributed by atoms with E-state index in [1.165, 1.54) is 11.3 Å². The molecule has 2 bridgehead atoms. The number of nitrogens with zero attached hydrogens (tertiary/aromatic N) is 1. The van der Waals surface area contributed by atoms with Gasteiger partial charge in [0.1, 0.15) is 23.3 Å². The van der Waals surface area contributed by atoms with Gasteiger partial charge >= 0.3 is 0 Å². The molecule has 0 radical (unpaired) electrons. The van der Waals surface area contributed by atoms with Gasteiger partial charge in [-0.1, -0.05) is 18.5 Å². The number of fused-ring (bicyclic) bond motifs is 2. The van der Waals surface area contributed by atoms with Gasteiger partial charge in [0.15, 0.2) is 11.6 Å². The largest absolute Gasteiger partial charge is 0.486 e. The molecular formula is C20H20ClNO3S. The molecule has 2 saturated carbocycles. The molecule has 2 fully saturated rings. The van der Waals surface area contributed by atoms with Gasteiger partial charge < -0.3 is 4.74 Å². The van der Waals surface area contributed by atoms with Gasteiger partial charge in [-0.05, 0) is 49.9 Å². The number of benzene rings is 1. The molecule has 136 valence electrons. The number of aromatic nitrogens is 1. The molecule has 4 nitrogen and oxygen atoms in total. The average Bonchev–Trinajstić information content (AvgIpc) is 3.26. The third-order valence-corrected chi connectivity index (χ3v) is 6.79. The Bertz CT molecular complexity index is 823. The summed E-state index contributed by atoms with van der Waals surface area (Å²) in [7, 11) is 0. The van der Waals surface area contributed by atoms with Crippen molar-refractivity contribution in [3.8, 4) is 5.75 Å². The second kappa shape index (κ2) is 7.12. The van der Waals surface area contributed by atoms with Crippen molar-refractivity contribution < 1.29 is 14.3 Å². The number of thiazole rings is 1. The highest BCUT2D eigenvalue weighted by Crippen LogP contribution is 2.45. The maximum Gasteiger partial charge on any atom is 0.152 e. The van der Waals surface area contributed by atoms with Gasteiger partial charge in [-0.2, -0.15) is 0 Å². The van der Waals surface area contributed by atoms with Crippen LogP contribution in [0.1, 0.15) is 47.7 Å². The fourth-order valence-corrected chi connectivity index (χ4v) is 5.09. The zero-order valence-corrected chi connectivity index (χ0v) is 16.1. The molecule has 0 N–H and O–H groups in total. The van der Waals surface area contributed by atoms with Crippen LogP contribution < -0.4 is 4.74 Å². The number of Topliss-reactive ketones (excluding diaryl/α,β-unsaturated/α-hetero) is 2. The first-order chi connectivity index (χ1) is 12.6. The van der Waals surface area contributed by atoms with Crippen LogP contribution in [-0.4, -0.2) is 16.6 Å². The molecule has 2 aliphatic carbocycles. The number of ketones is 2. The minimum absolute atomic E-state index is 0.0443. The van der Waals surface area contributed by atoms with Gasteiger partial charge in [0.2, 0.25) is 0 Å². The van der Waals surface area contributed by atoms with E-state index in [1.807, 2.05) is 19.1 Å². The average molecular weight is 390 g/mol. The molecule has 1 aromatic heterocycles. The number of carbonyl (C=O) groups excluding carboxylic acids is 2. The van der Waals surface area contributed by atoms with E-state index in [0.717, 1.165) is 35.6 Å². The first-order valence-electron chi connectivity index (χ1n) is 9.01. The minimum atomic E-state index is -0.656. The molecular weight excluding hydrogens is 370 g/mol. The van der Waals surface area contributed by atoms with E-state index < -0.39 is 5.92 Å². The molecule has 26 heavy (non-hydrogen) atoms. The Kier molecular flexibility index (Phi) is 4.84. The Labute approximate surface area is 161 Å². The fourth-order valence-electron chi connectivity index (χ4n) is 4.01. The van der Waals surface area contributed by atoms with E-state index in [9.17, 15) is 9.59 Å². The number of carbonyl (C=O) groups is 2. The minimum Gasteiger partial charge on any atom is -0.486 e. The molecule has 0 saturated heterocycles. The number of hydrogen-bond donors (Lipinski definition) is 0. The maximum absolute atomic E-state index is 12.8. The molecule has 0 amide bonds. The summed E-state index contributed by atoms with van der Waals surface area (Å²) in [5.41, 5.74) is 0.679. The van der Waals surface area contributed by atoms with Crippen LogP contribution in [0.3, 0.4) is 0 Å². The monoisotopic (exact) mass is 389 g/mol. The van der Waals surface area contributed by atoms with Crippen molar-refractivity contribution in [3.05, 3.63) is 44.9 Å². The summed E-state index contributed by atoms with van der Waals surface area (Å²) >= 11 is 7.42. The van der Waals surface area contributed by atoms with E-state index in [-0.39, 0.29) is 23.4 Å². The lowest BCUT2D eigenvalue weighted by molar-refractivity contribution is -0.136. The summed E-state index contributed by atoms with van der Waals surface area (Å²) in [6, 6.07) is 7.17. The molecule has 2 unspecified atom stereocenters. The predicted octanol–water partition coefficient (Wildman–Crippen LogP) is 4.59. The van der Waals surface area contributed by atoms with E-state index in [0.29, 0.717) is 23.1 Å². The highest BCUT2D eigenvalue weighted by molar-refractivity contribution is 7.11. The second-order valence-electron chi connectivity index (χ2n) is 6.96. The van der Waals surface area contributed by atoms with Gasteiger partial charge in [-0.25, -0.2) is 4.98 Å². The van der Waals surface area contributed by atoms with Crippen molar-refractivity contribution in [2.45, 2.75) is 45.1 Å². The van der Waals surface area contributed by atoms with Crippen molar-refractivity contribution in [1.82, 2.24) is 4.98 Å². The molecule has 0 aliphatic heterocycles. The van der Waals surface area contributed by atoms with Crippen molar-refractivity contribution in [2.75, 3.05) is 0 Å². The SMILES string of the molecule is CCc1sc(COc2ccc(Cl)cc2)nc1C1C(=O)C2CCC(C2)C1=O. The molecule has 2 atom stereocenters. The lowest BCUT2D eigenvalue weighted by atomic mass is 9.77. The number of aryl methyl sites for hydroxylation is 1. The van der Waals surface area contributed by atoms with Crippen LogP contribution in [-0.2, 0) is 22.6 Å². The van der Waals surface area contributed by atoms with Crippen molar-refractivity contribution in [1.29, 1.82) is 0 Å². The van der Waals surface area contributed by atoms with Crippen LogP contribution >= 0.6 is 22.9 Å². The molecule has 1 aromatic carbocycles. The van der Waals surface area contributed by atoms with E-state index in [4.69, 9.17) is 16.3 Å². The zero-order chi connectivity index (χ0) is 18.3. The zero-order valence-electron chi connectivity index (χ0n) is 14.5. The second-order valence-corrected chi connectivity index (χ2v) is 8.56. The molecule has 1 heterocycles. The quantitative estimate of drug-likeness (QED) is 0.702. The van der Waals surface area contributed by atoms with Gasteiger partial charge in [0.05, 0.1) is 5.69 Å². The van der Waals surface area contributed by atoms with Crippen molar-refractivity contribution in [2.24, 2.45) is 11.8 Å². The predicted molar refractivity (Wildman–Crippen MR) is 101 cm³/mol. The van der Waals surface area contributed by atoms with Gasteiger partial charge in [0, 0.05) is 21.7 Å². The molecule has 2 aliphatic rings. The Morgan fingerprint density at radius 1 is 1.15 bits per heavy atom. The number of rotatable bonds is 5. The number of halogens is 1. The van der Waals surface area contributed by atoms with Crippen LogP contribution in [0.4, 0.5) is 0 Å². The highest BCUT2D eigenvalue weighted by Gasteiger charge is 2.48. The Morgan fingerprint density at radius 3 is 2.42 bits per heavy atom. The van der Waals surface area contributed by atoms with E-state index >= 15 is 0 Å². The normalized spacial score (nSPS) is 24.9. The van der Waals surface area contributed by atoms with Crippen LogP contribution in [0.25, 0.3) is 0 Å². The molecule has 6 heteroatoms. The summed E-state index contributed by atoms with van der Waals surface area (Å²) in [5.74, 6) is 0.303. The maximum atomic E-state index is 12.8. The first kappa shape index (κ1) is 17.7. The summed E-state index contributed by atoms with van der Waals surface area (Å²) in [6.45, 7) is 2.36. The number of hydrogen-bond acceptors (Lipinski definition) is 5. The summed E-state index contributed by atoms with van der Waals surface area (Å²) in [5, 5.41) is 1.46. The van der Waals surface area contributed by atoms with Crippen molar-refractivity contribution in [3.63, 3.8) is 0 Å². The van der Waals surface area contributed by atoms with Gasteiger partial charge in [-0.3, -0.25) is 9.59 Å². The Balaban J connectivity index is 1.56. The lowest BCUT2D eigenvalue weighted by Crippen LogP contribution is -2.35. The van der Waals surface area contributed by atoms with Crippen LogP contribution in [0, 0.1) is 11.8 Å². The summed E-state index contributed by atoms with van der Waals surface area (Å²) in [4.78, 5) is 31.2. The van der Waals surface area contributed by atoms with Crippen LogP contribution in [0.15, 0.2) is 24.3 Å². The third-order valence-electron chi connectivity index (χ3n) is 5.35. The topological polar surface area (TPSA) is 56.3 Å². The van der Waals surface area contributed by atoms with Crippen LogP contribution in [0.2, 0.25) is 5.02 Å². The smallest absolute Gasteiger partial charge is 0.152 e. The number of ether oxygens (including phenoxy) is 1.